The summed E-state index contributed by atoms with van der Waals surface area (Å²) in [4.78, 5) is 13.4. The van der Waals surface area contributed by atoms with E-state index in [0.717, 1.165) is 30.1 Å². The van der Waals surface area contributed by atoms with E-state index < -0.39 is 0 Å². The van der Waals surface area contributed by atoms with Crippen LogP contribution in [0.4, 0.5) is 5.69 Å². The predicted octanol–water partition coefficient (Wildman–Crippen LogP) is 4.76. The molecule has 5 nitrogen and oxygen atoms in total. The van der Waals surface area contributed by atoms with Crippen molar-refractivity contribution >= 4 is 23.4 Å². The minimum atomic E-state index is -0.0659. The third kappa shape index (κ3) is 6.46. The van der Waals surface area contributed by atoms with Crippen LogP contribution in [0.5, 0.6) is 11.5 Å². The molecule has 3 rings (SSSR count). The van der Waals surface area contributed by atoms with E-state index in [2.05, 4.69) is 5.32 Å². The van der Waals surface area contributed by atoms with Crippen LogP contribution in [0.15, 0.2) is 53.4 Å². The van der Waals surface area contributed by atoms with Crippen LogP contribution in [-0.4, -0.2) is 37.6 Å². The van der Waals surface area contributed by atoms with Crippen LogP contribution in [0.1, 0.15) is 26.2 Å². The summed E-state index contributed by atoms with van der Waals surface area (Å²) in [5, 5.41) is 2.95. The number of thioether (sulfide) groups is 1. The molecule has 1 saturated heterocycles. The fraction of sp³-hybridized carbons (Fsp3) is 0.409. The van der Waals surface area contributed by atoms with Gasteiger partial charge in [0.1, 0.15) is 18.1 Å². The number of hydrogen-bond donors (Lipinski definition) is 1. The van der Waals surface area contributed by atoms with E-state index in [-0.39, 0.29) is 12.0 Å². The maximum atomic E-state index is 12.4. The van der Waals surface area contributed by atoms with Crippen molar-refractivity contribution in [1.29, 1.82) is 0 Å². The van der Waals surface area contributed by atoms with Crippen LogP contribution in [-0.2, 0) is 9.53 Å². The molecule has 28 heavy (non-hydrogen) atoms. The minimum absolute atomic E-state index is 0.0659. The zero-order chi connectivity index (χ0) is 19.6. The zero-order valence-electron chi connectivity index (χ0n) is 16.2. The maximum Gasteiger partial charge on any atom is 0.234 e. The number of ether oxygens (including phenoxy) is 3. The Balaban J connectivity index is 1.49. The largest absolute Gasteiger partial charge is 0.494 e. The maximum absolute atomic E-state index is 12.4. The molecule has 1 amide bonds. The lowest BCUT2D eigenvalue weighted by molar-refractivity contribution is -0.113. The second kappa shape index (κ2) is 11.0. The Morgan fingerprint density at radius 3 is 2.71 bits per heavy atom. The summed E-state index contributed by atoms with van der Waals surface area (Å²) in [6, 6.07) is 15.3. The van der Waals surface area contributed by atoms with Crippen molar-refractivity contribution in [2.45, 2.75) is 37.2 Å². The van der Waals surface area contributed by atoms with Gasteiger partial charge in [0.25, 0.3) is 0 Å². The molecule has 0 aliphatic carbocycles. The number of anilines is 1. The smallest absolute Gasteiger partial charge is 0.234 e. The molecule has 1 N–H and O–H groups in total. The SMILES string of the molecule is CCOc1ccc(SCC(=O)Nc2ccccc2OCC2CCCCO2)cc1. The number of benzene rings is 2. The summed E-state index contributed by atoms with van der Waals surface area (Å²) in [7, 11) is 0. The quantitative estimate of drug-likeness (QED) is 0.614. The van der Waals surface area contributed by atoms with Gasteiger partial charge in [0, 0.05) is 11.5 Å². The van der Waals surface area contributed by atoms with Crippen LogP contribution < -0.4 is 14.8 Å². The van der Waals surface area contributed by atoms with Gasteiger partial charge in [0.05, 0.1) is 24.2 Å². The van der Waals surface area contributed by atoms with E-state index in [4.69, 9.17) is 14.2 Å². The molecule has 0 bridgehead atoms. The molecule has 0 radical (unpaired) electrons. The lowest BCUT2D eigenvalue weighted by Crippen LogP contribution is -2.26. The first-order chi connectivity index (χ1) is 13.7. The van der Waals surface area contributed by atoms with Crippen molar-refractivity contribution in [3.8, 4) is 11.5 Å². The van der Waals surface area contributed by atoms with E-state index in [9.17, 15) is 4.79 Å². The van der Waals surface area contributed by atoms with Crippen molar-refractivity contribution in [3.63, 3.8) is 0 Å². The Hall–Kier alpha value is -2.18. The van der Waals surface area contributed by atoms with Gasteiger partial charge in [-0.1, -0.05) is 12.1 Å². The van der Waals surface area contributed by atoms with Gasteiger partial charge in [-0.15, -0.1) is 11.8 Å². The van der Waals surface area contributed by atoms with Crippen molar-refractivity contribution in [3.05, 3.63) is 48.5 Å². The van der Waals surface area contributed by atoms with Gasteiger partial charge in [0.2, 0.25) is 5.91 Å². The van der Waals surface area contributed by atoms with Crippen LogP contribution in [0.25, 0.3) is 0 Å². The van der Waals surface area contributed by atoms with E-state index in [1.54, 1.807) is 0 Å². The van der Waals surface area contributed by atoms with Crippen molar-refractivity contribution in [2.75, 3.05) is 30.9 Å². The molecule has 0 aromatic heterocycles. The Bertz CT molecular complexity index is 744. The van der Waals surface area contributed by atoms with Gasteiger partial charge in [-0.2, -0.15) is 0 Å². The molecule has 2 aromatic carbocycles. The van der Waals surface area contributed by atoms with Gasteiger partial charge >= 0.3 is 0 Å². The molecule has 1 aliphatic rings. The number of amides is 1. The van der Waals surface area contributed by atoms with Gasteiger partial charge in [0.15, 0.2) is 0 Å². The molecule has 1 unspecified atom stereocenters. The first-order valence-corrected chi connectivity index (χ1v) is 10.7. The fourth-order valence-electron chi connectivity index (χ4n) is 2.95. The highest BCUT2D eigenvalue weighted by atomic mass is 32.2. The van der Waals surface area contributed by atoms with Crippen molar-refractivity contribution in [1.82, 2.24) is 0 Å². The average molecular weight is 402 g/mol. The summed E-state index contributed by atoms with van der Waals surface area (Å²) >= 11 is 1.49. The summed E-state index contributed by atoms with van der Waals surface area (Å²) in [6.45, 7) is 3.91. The molecule has 150 valence electrons. The number of carbonyl (C=O) groups excluding carboxylic acids is 1. The van der Waals surface area contributed by atoms with E-state index in [0.29, 0.717) is 30.4 Å². The Labute approximate surface area is 170 Å². The highest BCUT2D eigenvalue weighted by Crippen LogP contribution is 2.26. The molecule has 0 saturated carbocycles. The Morgan fingerprint density at radius 2 is 1.96 bits per heavy atom. The standard InChI is InChI=1S/C22H27NO4S/c1-2-25-17-10-12-19(13-11-17)28-16-22(24)23-20-8-3-4-9-21(20)27-15-18-7-5-6-14-26-18/h3-4,8-13,18H,2,5-7,14-16H2,1H3,(H,23,24). The summed E-state index contributed by atoms with van der Waals surface area (Å²) < 4.78 is 17.1. The highest BCUT2D eigenvalue weighted by Gasteiger charge is 2.16. The Morgan fingerprint density at radius 1 is 1.14 bits per heavy atom. The first-order valence-electron chi connectivity index (χ1n) is 9.73. The van der Waals surface area contributed by atoms with Crippen molar-refractivity contribution < 1.29 is 19.0 Å². The topological polar surface area (TPSA) is 56.8 Å². The third-order valence-corrected chi connectivity index (χ3v) is 5.38. The molecular weight excluding hydrogens is 374 g/mol. The van der Waals surface area contributed by atoms with Crippen LogP contribution in [0.2, 0.25) is 0 Å². The third-order valence-electron chi connectivity index (χ3n) is 4.36. The molecule has 1 fully saturated rings. The average Bonchev–Trinajstić information content (AvgIpc) is 2.74. The number of hydrogen-bond acceptors (Lipinski definition) is 5. The molecular formula is C22H27NO4S. The molecule has 1 aliphatic heterocycles. The Kier molecular flexibility index (Phi) is 8.06. The lowest BCUT2D eigenvalue weighted by Gasteiger charge is -2.23. The van der Waals surface area contributed by atoms with Crippen LogP contribution >= 0.6 is 11.8 Å². The van der Waals surface area contributed by atoms with Crippen LogP contribution in [0, 0.1) is 0 Å². The minimum Gasteiger partial charge on any atom is -0.494 e. The zero-order valence-corrected chi connectivity index (χ0v) is 17.0. The number of nitrogens with one attached hydrogen (secondary N) is 1. The van der Waals surface area contributed by atoms with Crippen LogP contribution in [0.3, 0.4) is 0 Å². The second-order valence-electron chi connectivity index (χ2n) is 6.54. The summed E-state index contributed by atoms with van der Waals surface area (Å²) in [6.07, 6.45) is 3.45. The van der Waals surface area contributed by atoms with E-state index in [1.807, 2.05) is 55.5 Å². The molecule has 2 aromatic rings. The van der Waals surface area contributed by atoms with Gasteiger partial charge < -0.3 is 19.5 Å². The van der Waals surface area contributed by atoms with E-state index >= 15 is 0 Å². The predicted molar refractivity (Wildman–Crippen MR) is 112 cm³/mol. The van der Waals surface area contributed by atoms with Gasteiger partial charge in [-0.3, -0.25) is 4.79 Å². The molecule has 1 atom stereocenters. The molecule has 0 spiro atoms. The summed E-state index contributed by atoms with van der Waals surface area (Å²) in [5.41, 5.74) is 0.690. The number of rotatable bonds is 9. The number of carbonyl (C=O) groups is 1. The fourth-order valence-corrected chi connectivity index (χ4v) is 3.65. The second-order valence-corrected chi connectivity index (χ2v) is 7.59. The van der Waals surface area contributed by atoms with Gasteiger partial charge in [-0.25, -0.2) is 0 Å². The highest BCUT2D eigenvalue weighted by molar-refractivity contribution is 8.00. The summed E-state index contributed by atoms with van der Waals surface area (Å²) in [5.74, 6) is 1.78. The van der Waals surface area contributed by atoms with Gasteiger partial charge in [-0.05, 0) is 62.6 Å². The number of para-hydroxylation sites is 2. The lowest BCUT2D eigenvalue weighted by atomic mass is 10.1. The monoisotopic (exact) mass is 401 g/mol. The van der Waals surface area contributed by atoms with E-state index in [1.165, 1.54) is 18.2 Å². The van der Waals surface area contributed by atoms with Crippen molar-refractivity contribution in [2.24, 2.45) is 0 Å². The first kappa shape index (κ1) is 20.6. The normalized spacial score (nSPS) is 16.4. The molecule has 1 heterocycles. The molecule has 6 heteroatoms.